The molecule has 0 saturated carbocycles. The Morgan fingerprint density at radius 2 is 1.68 bits per heavy atom. The molecule has 4 heteroatoms. The Kier molecular flexibility index (Phi) is 3.09. The molecule has 4 rings (SSSR count). The summed E-state index contributed by atoms with van der Waals surface area (Å²) in [6, 6.07) is 12.6. The zero-order valence-corrected chi connectivity index (χ0v) is 11.2. The molecule has 1 N–H and O–H groups in total. The molecule has 1 aliphatic heterocycles. The highest BCUT2D eigenvalue weighted by atomic mass is 35.5. The average molecular weight is 272 g/mol. The zero-order chi connectivity index (χ0) is 11.9. The molecule has 3 aromatic rings. The van der Waals surface area contributed by atoms with Gasteiger partial charge < -0.3 is 5.32 Å². The summed E-state index contributed by atoms with van der Waals surface area (Å²) >= 11 is 0. The van der Waals surface area contributed by atoms with Crippen molar-refractivity contribution in [2.24, 2.45) is 0 Å². The highest BCUT2D eigenvalue weighted by Gasteiger charge is 2.20. The minimum Gasteiger partial charge on any atom is -0.315 e. The lowest BCUT2D eigenvalue weighted by molar-refractivity contribution is 0.441. The van der Waals surface area contributed by atoms with Crippen LogP contribution in [0.1, 0.15) is 11.6 Å². The average Bonchev–Trinajstić information content (AvgIpc) is 2.36. The van der Waals surface area contributed by atoms with Crippen molar-refractivity contribution >= 4 is 34.2 Å². The SMILES string of the molecule is Cl.c1cnc2c(c1)ccc1ccc(C3CNC3)nc12. The van der Waals surface area contributed by atoms with E-state index in [1.807, 2.05) is 12.3 Å². The molecule has 0 bridgehead atoms. The van der Waals surface area contributed by atoms with Gasteiger partial charge in [-0.15, -0.1) is 12.4 Å². The summed E-state index contributed by atoms with van der Waals surface area (Å²) in [5.41, 5.74) is 3.21. The molecule has 1 aliphatic rings. The summed E-state index contributed by atoms with van der Waals surface area (Å²) < 4.78 is 0. The lowest BCUT2D eigenvalue weighted by Gasteiger charge is -2.26. The molecule has 0 radical (unpaired) electrons. The van der Waals surface area contributed by atoms with Gasteiger partial charge in [-0.05, 0) is 12.1 Å². The van der Waals surface area contributed by atoms with Crippen LogP contribution in [-0.4, -0.2) is 23.1 Å². The number of rotatable bonds is 1. The lowest BCUT2D eigenvalue weighted by atomic mass is 9.98. The second-order valence-electron chi connectivity index (χ2n) is 4.80. The van der Waals surface area contributed by atoms with Crippen molar-refractivity contribution in [3.63, 3.8) is 0 Å². The molecule has 0 unspecified atom stereocenters. The second-order valence-corrected chi connectivity index (χ2v) is 4.80. The first-order chi connectivity index (χ1) is 8.92. The van der Waals surface area contributed by atoms with E-state index in [-0.39, 0.29) is 12.4 Å². The van der Waals surface area contributed by atoms with Gasteiger partial charge in [0.2, 0.25) is 0 Å². The predicted molar refractivity (Wildman–Crippen MR) is 79.9 cm³/mol. The van der Waals surface area contributed by atoms with Gasteiger partial charge in [0, 0.05) is 41.7 Å². The van der Waals surface area contributed by atoms with Gasteiger partial charge in [0.15, 0.2) is 0 Å². The predicted octanol–water partition coefficient (Wildman–Crippen LogP) is 2.89. The van der Waals surface area contributed by atoms with Crippen LogP contribution in [-0.2, 0) is 0 Å². The quantitative estimate of drug-likeness (QED) is 0.692. The van der Waals surface area contributed by atoms with Crippen molar-refractivity contribution in [1.82, 2.24) is 15.3 Å². The smallest absolute Gasteiger partial charge is 0.0968 e. The fraction of sp³-hybridized carbons (Fsp3) is 0.200. The number of halogens is 1. The highest BCUT2D eigenvalue weighted by molar-refractivity contribution is 6.02. The molecule has 96 valence electrons. The van der Waals surface area contributed by atoms with Gasteiger partial charge in [-0.3, -0.25) is 9.97 Å². The Morgan fingerprint density at radius 1 is 0.947 bits per heavy atom. The molecule has 0 amide bonds. The van der Waals surface area contributed by atoms with E-state index in [4.69, 9.17) is 4.98 Å². The standard InChI is InChI=1S/C15H13N3.ClH/c1-2-10-3-4-11-5-6-13(12-8-16-9-12)18-15(11)14(10)17-7-1;/h1-7,12,16H,8-9H2;1H. The van der Waals surface area contributed by atoms with Crippen molar-refractivity contribution in [2.75, 3.05) is 13.1 Å². The van der Waals surface area contributed by atoms with Crippen molar-refractivity contribution in [2.45, 2.75) is 5.92 Å². The first kappa shape index (κ1) is 12.3. The van der Waals surface area contributed by atoms with Gasteiger partial charge in [-0.1, -0.05) is 24.3 Å². The Balaban J connectivity index is 0.00000110. The lowest BCUT2D eigenvalue weighted by Crippen LogP contribution is -2.40. The fourth-order valence-electron chi connectivity index (χ4n) is 2.46. The summed E-state index contributed by atoms with van der Waals surface area (Å²) in [5.74, 6) is 0.563. The molecule has 2 aromatic heterocycles. The fourth-order valence-corrected chi connectivity index (χ4v) is 2.46. The van der Waals surface area contributed by atoms with Crippen molar-refractivity contribution in [3.8, 4) is 0 Å². The van der Waals surface area contributed by atoms with E-state index in [9.17, 15) is 0 Å². The highest BCUT2D eigenvalue weighted by Crippen LogP contribution is 2.25. The zero-order valence-electron chi connectivity index (χ0n) is 10.3. The molecular weight excluding hydrogens is 258 g/mol. The summed E-state index contributed by atoms with van der Waals surface area (Å²) in [7, 11) is 0. The summed E-state index contributed by atoms with van der Waals surface area (Å²) in [6.07, 6.45) is 1.83. The van der Waals surface area contributed by atoms with Gasteiger partial charge in [-0.2, -0.15) is 0 Å². The maximum atomic E-state index is 4.82. The molecule has 1 fully saturated rings. The summed E-state index contributed by atoms with van der Waals surface area (Å²) in [6.45, 7) is 2.08. The molecule has 0 spiro atoms. The Morgan fingerprint density at radius 3 is 2.42 bits per heavy atom. The molecule has 19 heavy (non-hydrogen) atoms. The van der Waals surface area contributed by atoms with Crippen LogP contribution >= 0.6 is 12.4 Å². The molecule has 1 saturated heterocycles. The monoisotopic (exact) mass is 271 g/mol. The Bertz CT molecular complexity index is 738. The minimum absolute atomic E-state index is 0. The topological polar surface area (TPSA) is 37.8 Å². The van der Waals surface area contributed by atoms with E-state index >= 15 is 0 Å². The molecule has 3 nitrogen and oxygen atoms in total. The number of benzene rings is 1. The van der Waals surface area contributed by atoms with Crippen molar-refractivity contribution in [1.29, 1.82) is 0 Å². The third-order valence-electron chi connectivity index (χ3n) is 3.65. The number of nitrogens with one attached hydrogen (secondary N) is 1. The second kappa shape index (κ2) is 4.76. The van der Waals surface area contributed by atoms with Crippen molar-refractivity contribution < 1.29 is 0 Å². The van der Waals surface area contributed by atoms with E-state index in [1.165, 1.54) is 5.69 Å². The molecule has 3 heterocycles. The van der Waals surface area contributed by atoms with Crippen LogP contribution in [0, 0.1) is 0 Å². The first-order valence-corrected chi connectivity index (χ1v) is 6.27. The molecular formula is C15H14ClN3. The third-order valence-corrected chi connectivity index (χ3v) is 3.65. The van der Waals surface area contributed by atoms with Crippen LogP contribution in [0.2, 0.25) is 0 Å². The minimum atomic E-state index is 0. The van der Waals surface area contributed by atoms with Gasteiger partial charge in [0.05, 0.1) is 11.0 Å². The normalized spacial score (nSPS) is 15.2. The number of aromatic nitrogens is 2. The molecule has 0 aliphatic carbocycles. The molecule has 1 aromatic carbocycles. The van der Waals surface area contributed by atoms with E-state index < -0.39 is 0 Å². The van der Waals surface area contributed by atoms with E-state index in [2.05, 4.69) is 40.6 Å². The molecule has 0 atom stereocenters. The van der Waals surface area contributed by atoms with Gasteiger partial charge in [0.25, 0.3) is 0 Å². The number of fused-ring (bicyclic) bond motifs is 3. The van der Waals surface area contributed by atoms with Crippen LogP contribution < -0.4 is 5.32 Å². The summed E-state index contributed by atoms with van der Waals surface area (Å²) in [4.78, 5) is 9.30. The first-order valence-electron chi connectivity index (χ1n) is 6.27. The van der Waals surface area contributed by atoms with Crippen LogP contribution in [0.5, 0.6) is 0 Å². The van der Waals surface area contributed by atoms with Gasteiger partial charge in [-0.25, -0.2) is 0 Å². The Hall–Kier alpha value is -1.71. The number of pyridine rings is 2. The maximum Gasteiger partial charge on any atom is 0.0968 e. The number of nitrogens with zero attached hydrogens (tertiary/aromatic N) is 2. The van der Waals surface area contributed by atoms with Crippen molar-refractivity contribution in [3.05, 3.63) is 48.3 Å². The van der Waals surface area contributed by atoms with Crippen LogP contribution in [0.4, 0.5) is 0 Å². The maximum absolute atomic E-state index is 4.82. The van der Waals surface area contributed by atoms with E-state index in [0.29, 0.717) is 5.92 Å². The summed E-state index contributed by atoms with van der Waals surface area (Å²) in [5, 5.41) is 5.61. The van der Waals surface area contributed by atoms with Crippen LogP contribution in [0.25, 0.3) is 21.8 Å². The third kappa shape index (κ3) is 1.95. The largest absolute Gasteiger partial charge is 0.315 e. The number of hydrogen-bond donors (Lipinski definition) is 1. The Labute approximate surface area is 117 Å². The van der Waals surface area contributed by atoms with E-state index in [1.54, 1.807) is 0 Å². The number of hydrogen-bond acceptors (Lipinski definition) is 3. The van der Waals surface area contributed by atoms with E-state index in [0.717, 1.165) is 34.9 Å². The van der Waals surface area contributed by atoms with Gasteiger partial charge in [0.1, 0.15) is 0 Å². The van der Waals surface area contributed by atoms with Gasteiger partial charge >= 0.3 is 0 Å². The van der Waals surface area contributed by atoms with Crippen LogP contribution in [0.15, 0.2) is 42.6 Å². The van der Waals surface area contributed by atoms with Crippen LogP contribution in [0.3, 0.4) is 0 Å².